The summed E-state index contributed by atoms with van der Waals surface area (Å²) >= 11 is -1.33. The first-order valence-electron chi connectivity index (χ1n) is 5.05. The van der Waals surface area contributed by atoms with Gasteiger partial charge in [-0.3, -0.25) is 0 Å². The van der Waals surface area contributed by atoms with Crippen LogP contribution >= 0.6 is 0 Å². The van der Waals surface area contributed by atoms with Gasteiger partial charge >= 0.3 is 0 Å². The number of halogens is 2. The van der Waals surface area contributed by atoms with E-state index in [0.717, 1.165) is 0 Å². The van der Waals surface area contributed by atoms with E-state index in [4.69, 9.17) is 0 Å². The second-order valence-electron chi connectivity index (χ2n) is 4.97. The smallest absolute Gasteiger partial charge is 0.248 e. The molecule has 1 unspecified atom stereocenters. The van der Waals surface area contributed by atoms with Gasteiger partial charge in [-0.05, 0) is 27.2 Å². The second-order valence-corrected chi connectivity index (χ2v) is 6.91. The number of hydrogen-bond donors (Lipinski definition) is 0. The van der Waals surface area contributed by atoms with Gasteiger partial charge in [-0.2, -0.15) is 0 Å². The molecule has 5 heteroatoms. The number of alkyl halides is 2. The Bertz CT molecular complexity index is 250. The van der Waals surface area contributed by atoms with E-state index in [-0.39, 0.29) is 18.8 Å². The zero-order valence-electron chi connectivity index (χ0n) is 9.30. The zero-order valence-corrected chi connectivity index (χ0v) is 10.1. The van der Waals surface area contributed by atoms with E-state index in [0.29, 0.717) is 6.42 Å². The maximum atomic E-state index is 12.8. The molecule has 0 N–H and O–H groups in total. The summed E-state index contributed by atoms with van der Waals surface area (Å²) in [6, 6.07) is 0. The largest absolute Gasteiger partial charge is 0.591 e. The third-order valence-electron chi connectivity index (χ3n) is 2.33. The molecule has 0 radical (unpaired) electrons. The van der Waals surface area contributed by atoms with Gasteiger partial charge in [0.05, 0.1) is 6.21 Å². The highest BCUT2D eigenvalue weighted by Gasteiger charge is 2.39. The van der Waals surface area contributed by atoms with Gasteiger partial charge < -0.3 is 4.55 Å². The van der Waals surface area contributed by atoms with E-state index in [1.807, 2.05) is 20.8 Å². The van der Waals surface area contributed by atoms with Crippen molar-refractivity contribution in [1.82, 2.24) is 0 Å². The minimum Gasteiger partial charge on any atom is -0.591 e. The van der Waals surface area contributed by atoms with E-state index < -0.39 is 22.0 Å². The number of hydrogen-bond acceptors (Lipinski definition) is 2. The lowest BCUT2D eigenvalue weighted by Crippen LogP contribution is -2.26. The van der Waals surface area contributed by atoms with Crippen LogP contribution in [0.15, 0.2) is 4.40 Å². The van der Waals surface area contributed by atoms with Crippen LogP contribution in [0.25, 0.3) is 0 Å². The lowest BCUT2D eigenvalue weighted by molar-refractivity contribution is 0.00750. The first kappa shape index (κ1) is 12.9. The molecule has 0 spiro atoms. The van der Waals surface area contributed by atoms with Gasteiger partial charge in [0.1, 0.15) is 16.1 Å². The molecular formula is C10H17F2NOS. The fourth-order valence-corrected chi connectivity index (χ4v) is 2.01. The van der Waals surface area contributed by atoms with E-state index in [1.165, 1.54) is 6.21 Å². The molecule has 1 aliphatic carbocycles. The standard InChI is InChI=1S/C10H17F2NOS/c1-9(2,3)15(14)13-7-8-4-5-10(11,12)6-8/h7-8H,4-6H2,1-3H3/t8?,15-/m0/s1. The first-order valence-corrected chi connectivity index (χ1v) is 6.15. The van der Waals surface area contributed by atoms with Crippen molar-refractivity contribution in [2.75, 3.05) is 0 Å². The quantitative estimate of drug-likeness (QED) is 0.537. The van der Waals surface area contributed by atoms with E-state index >= 15 is 0 Å². The van der Waals surface area contributed by atoms with Crippen molar-refractivity contribution >= 4 is 17.6 Å². The van der Waals surface area contributed by atoms with Crippen molar-refractivity contribution < 1.29 is 13.3 Å². The van der Waals surface area contributed by atoms with E-state index in [9.17, 15) is 13.3 Å². The summed E-state index contributed by atoms with van der Waals surface area (Å²) in [5.74, 6) is -2.77. The molecule has 0 aromatic carbocycles. The van der Waals surface area contributed by atoms with Crippen LogP contribution in [0, 0.1) is 5.92 Å². The lowest BCUT2D eigenvalue weighted by Gasteiger charge is -2.18. The minimum absolute atomic E-state index is 0.0775. The molecule has 1 aliphatic rings. The lowest BCUT2D eigenvalue weighted by atomic mass is 10.1. The predicted octanol–water partition coefficient (Wildman–Crippen LogP) is 2.95. The van der Waals surface area contributed by atoms with Gasteiger partial charge in [-0.1, -0.05) is 4.40 Å². The summed E-state index contributed by atoms with van der Waals surface area (Å²) in [5.41, 5.74) is 0. The van der Waals surface area contributed by atoms with Gasteiger partial charge in [0.2, 0.25) is 5.92 Å². The Morgan fingerprint density at radius 1 is 1.47 bits per heavy atom. The minimum atomic E-state index is -2.56. The molecule has 0 amide bonds. The molecule has 1 fully saturated rings. The molecule has 0 aromatic rings. The predicted molar refractivity (Wildman–Crippen MR) is 58.7 cm³/mol. The first-order chi connectivity index (χ1) is 6.71. The summed E-state index contributed by atoms with van der Waals surface area (Å²) in [5, 5.41) is 0. The van der Waals surface area contributed by atoms with Crippen LogP contribution in [0.3, 0.4) is 0 Å². The molecule has 2 nitrogen and oxygen atoms in total. The molecule has 0 bridgehead atoms. The average Bonchev–Trinajstić information content (AvgIpc) is 2.39. The fraction of sp³-hybridized carbons (Fsp3) is 0.900. The third kappa shape index (κ3) is 4.07. The second kappa shape index (κ2) is 4.37. The number of rotatable bonds is 2. The summed E-state index contributed by atoms with van der Waals surface area (Å²) < 4.78 is 40.6. The van der Waals surface area contributed by atoms with Gasteiger partial charge in [0, 0.05) is 18.8 Å². The molecule has 1 saturated carbocycles. The van der Waals surface area contributed by atoms with Crippen molar-refractivity contribution in [3.05, 3.63) is 0 Å². The third-order valence-corrected chi connectivity index (χ3v) is 3.69. The van der Waals surface area contributed by atoms with E-state index in [2.05, 4.69) is 4.40 Å². The highest BCUT2D eigenvalue weighted by molar-refractivity contribution is 7.91. The van der Waals surface area contributed by atoms with Crippen LogP contribution in [-0.4, -0.2) is 21.4 Å². The highest BCUT2D eigenvalue weighted by atomic mass is 32.2. The van der Waals surface area contributed by atoms with Crippen LogP contribution in [0.4, 0.5) is 8.78 Å². The van der Waals surface area contributed by atoms with Gasteiger partial charge in [0.15, 0.2) is 0 Å². The highest BCUT2D eigenvalue weighted by Crippen LogP contribution is 2.38. The fourth-order valence-electron chi connectivity index (χ4n) is 1.41. The molecule has 15 heavy (non-hydrogen) atoms. The van der Waals surface area contributed by atoms with Crippen molar-refractivity contribution in [3.63, 3.8) is 0 Å². The average molecular weight is 237 g/mol. The van der Waals surface area contributed by atoms with Gasteiger partial charge in [-0.15, -0.1) is 0 Å². The van der Waals surface area contributed by atoms with Crippen LogP contribution in [0.1, 0.15) is 40.0 Å². The summed E-state index contributed by atoms with van der Waals surface area (Å²) in [6.45, 7) is 5.43. The summed E-state index contributed by atoms with van der Waals surface area (Å²) in [7, 11) is 0. The molecule has 0 aliphatic heterocycles. The Morgan fingerprint density at radius 3 is 2.47 bits per heavy atom. The van der Waals surface area contributed by atoms with Crippen molar-refractivity contribution in [1.29, 1.82) is 0 Å². The summed E-state index contributed by atoms with van der Waals surface area (Å²) in [6.07, 6.45) is 1.66. The van der Waals surface area contributed by atoms with E-state index in [1.54, 1.807) is 0 Å². The molecular weight excluding hydrogens is 220 g/mol. The molecule has 88 valence electrons. The van der Waals surface area contributed by atoms with Crippen LogP contribution in [0.5, 0.6) is 0 Å². The Labute approximate surface area is 92.5 Å². The Hall–Kier alpha value is -0.160. The van der Waals surface area contributed by atoms with Crippen LogP contribution < -0.4 is 0 Å². The Kier molecular flexibility index (Phi) is 3.76. The molecule has 2 atom stereocenters. The molecule has 1 rings (SSSR count). The topological polar surface area (TPSA) is 35.4 Å². The maximum Gasteiger partial charge on any atom is 0.248 e. The molecule has 0 aromatic heterocycles. The van der Waals surface area contributed by atoms with Crippen molar-refractivity contribution in [2.45, 2.75) is 50.7 Å². The Balaban J connectivity index is 2.46. The normalized spacial score (nSPS) is 28.5. The molecule has 0 saturated heterocycles. The van der Waals surface area contributed by atoms with Crippen LogP contribution in [-0.2, 0) is 11.4 Å². The van der Waals surface area contributed by atoms with Crippen LogP contribution in [0.2, 0.25) is 0 Å². The Morgan fingerprint density at radius 2 is 2.07 bits per heavy atom. The number of nitrogens with zero attached hydrogens (tertiary/aromatic N) is 1. The van der Waals surface area contributed by atoms with Gasteiger partial charge in [0.25, 0.3) is 0 Å². The maximum absolute atomic E-state index is 12.8. The summed E-state index contributed by atoms with van der Waals surface area (Å²) in [4.78, 5) is 0. The van der Waals surface area contributed by atoms with Crippen molar-refractivity contribution in [3.8, 4) is 0 Å². The SMILES string of the molecule is CC(C)(C)[S@+]([O-])N=CC1CCC(F)(F)C1. The molecule has 0 heterocycles. The monoisotopic (exact) mass is 237 g/mol. The van der Waals surface area contributed by atoms with Crippen molar-refractivity contribution in [2.24, 2.45) is 10.3 Å². The zero-order chi connectivity index (χ0) is 11.7. The van der Waals surface area contributed by atoms with Gasteiger partial charge in [-0.25, -0.2) is 8.78 Å².